The molecule has 1 aromatic heterocycles. The highest BCUT2D eigenvalue weighted by atomic mass is 16.6. The maximum Gasteiger partial charge on any atom is 0.410 e. The van der Waals surface area contributed by atoms with Crippen LogP contribution >= 0.6 is 0 Å². The first-order valence-corrected chi connectivity index (χ1v) is 9.84. The van der Waals surface area contributed by atoms with Crippen LogP contribution in [0.15, 0.2) is 28.8 Å². The third kappa shape index (κ3) is 5.13. The van der Waals surface area contributed by atoms with Gasteiger partial charge in [-0.2, -0.15) is 4.98 Å². The van der Waals surface area contributed by atoms with Gasteiger partial charge in [0.15, 0.2) is 5.82 Å². The van der Waals surface area contributed by atoms with Crippen molar-refractivity contribution in [2.24, 2.45) is 0 Å². The summed E-state index contributed by atoms with van der Waals surface area (Å²) in [5, 5.41) is 6.88. The number of aromatic nitrogens is 2. The molecule has 1 N–H and O–H groups in total. The molecule has 1 aliphatic rings. The number of aryl methyl sites for hydroxylation is 1. The first kappa shape index (κ1) is 20.8. The van der Waals surface area contributed by atoms with E-state index in [1.165, 1.54) is 0 Å². The van der Waals surface area contributed by atoms with E-state index in [1.807, 2.05) is 33.8 Å². The second-order valence-electron chi connectivity index (χ2n) is 8.41. The topological polar surface area (TPSA) is 97.6 Å². The van der Waals surface area contributed by atoms with Crippen molar-refractivity contribution in [3.05, 3.63) is 35.7 Å². The Kier molecular flexibility index (Phi) is 5.91. The number of carbonyl (C=O) groups excluding carboxylic acids is 2. The molecule has 0 bridgehead atoms. The zero-order valence-corrected chi connectivity index (χ0v) is 17.6. The fourth-order valence-corrected chi connectivity index (χ4v) is 3.43. The van der Waals surface area contributed by atoms with Gasteiger partial charge in [0.2, 0.25) is 0 Å². The minimum absolute atomic E-state index is 0.0299. The van der Waals surface area contributed by atoms with Crippen LogP contribution in [0.1, 0.15) is 56.7 Å². The molecule has 2 amide bonds. The van der Waals surface area contributed by atoms with E-state index in [0.717, 1.165) is 0 Å². The van der Waals surface area contributed by atoms with Gasteiger partial charge in [-0.1, -0.05) is 17.3 Å². The summed E-state index contributed by atoms with van der Waals surface area (Å²) in [6, 6.07) is 7.09. The molecule has 2 atom stereocenters. The van der Waals surface area contributed by atoms with Gasteiger partial charge in [0.25, 0.3) is 11.8 Å². The Balaban J connectivity index is 1.65. The minimum Gasteiger partial charge on any atom is -0.444 e. The monoisotopic (exact) mass is 400 g/mol. The lowest BCUT2D eigenvalue weighted by Crippen LogP contribution is -2.52. The van der Waals surface area contributed by atoms with Crippen LogP contribution in [0.25, 0.3) is 11.5 Å². The van der Waals surface area contributed by atoms with Crippen LogP contribution < -0.4 is 5.32 Å². The van der Waals surface area contributed by atoms with Gasteiger partial charge in [0.05, 0.1) is 11.1 Å². The van der Waals surface area contributed by atoms with Crippen LogP contribution in [0.2, 0.25) is 0 Å². The molecule has 0 radical (unpaired) electrons. The third-order valence-corrected chi connectivity index (χ3v) is 4.77. The minimum atomic E-state index is -0.529. The molecule has 0 aliphatic carbocycles. The number of hydrogen-bond acceptors (Lipinski definition) is 6. The molecule has 156 valence electrons. The normalized spacial score (nSPS) is 19.7. The number of amides is 2. The van der Waals surface area contributed by atoms with Crippen molar-refractivity contribution in [1.82, 2.24) is 20.4 Å². The summed E-state index contributed by atoms with van der Waals surface area (Å²) < 4.78 is 10.7. The Bertz CT molecular complexity index is 887. The summed E-state index contributed by atoms with van der Waals surface area (Å²) >= 11 is 0. The lowest BCUT2D eigenvalue weighted by Gasteiger charge is -2.38. The molecule has 1 fully saturated rings. The van der Waals surface area contributed by atoms with Crippen LogP contribution in [0, 0.1) is 6.92 Å². The number of likely N-dealkylation sites (tertiary alicyclic amines) is 1. The fourth-order valence-electron chi connectivity index (χ4n) is 3.43. The summed E-state index contributed by atoms with van der Waals surface area (Å²) in [7, 11) is 0. The lowest BCUT2D eigenvalue weighted by atomic mass is 9.97. The van der Waals surface area contributed by atoms with Crippen molar-refractivity contribution >= 4 is 12.0 Å². The van der Waals surface area contributed by atoms with Crippen molar-refractivity contribution in [1.29, 1.82) is 0 Å². The predicted octanol–water partition coefficient (Wildman–Crippen LogP) is 3.56. The van der Waals surface area contributed by atoms with E-state index in [0.29, 0.717) is 42.2 Å². The van der Waals surface area contributed by atoms with Gasteiger partial charge in [0, 0.05) is 18.6 Å². The highest BCUT2D eigenvalue weighted by Crippen LogP contribution is 2.24. The van der Waals surface area contributed by atoms with E-state index in [1.54, 1.807) is 30.0 Å². The molecule has 1 saturated heterocycles. The number of rotatable bonds is 3. The predicted molar refractivity (Wildman–Crippen MR) is 107 cm³/mol. The van der Waals surface area contributed by atoms with E-state index in [-0.39, 0.29) is 24.1 Å². The zero-order chi connectivity index (χ0) is 21.2. The fraction of sp³-hybridized carbons (Fsp3) is 0.524. The molecule has 0 saturated carbocycles. The smallest absolute Gasteiger partial charge is 0.410 e. The number of ether oxygens (including phenoxy) is 1. The number of benzene rings is 1. The average Bonchev–Trinajstić information content (AvgIpc) is 3.06. The van der Waals surface area contributed by atoms with Gasteiger partial charge < -0.3 is 19.5 Å². The van der Waals surface area contributed by atoms with Crippen LogP contribution in [-0.4, -0.2) is 51.3 Å². The lowest BCUT2D eigenvalue weighted by molar-refractivity contribution is 0.00960. The van der Waals surface area contributed by atoms with Gasteiger partial charge in [-0.05, 0) is 59.6 Å². The molecule has 2 unspecified atom stereocenters. The zero-order valence-electron chi connectivity index (χ0n) is 17.6. The standard InChI is InChI=1S/C21H28N4O4/c1-13-12-15(10-11-25(13)20(27)28-21(3,4)5)23-18(26)16-8-6-7-9-17(16)19-22-14(2)24-29-19/h6-9,13,15H,10-12H2,1-5H3,(H,23,26). The second kappa shape index (κ2) is 8.23. The van der Waals surface area contributed by atoms with Gasteiger partial charge in [-0.3, -0.25) is 4.79 Å². The molecular weight excluding hydrogens is 372 g/mol. The highest BCUT2D eigenvalue weighted by Gasteiger charge is 2.32. The number of piperidine rings is 1. The van der Waals surface area contributed by atoms with Crippen molar-refractivity contribution in [2.45, 2.75) is 65.1 Å². The van der Waals surface area contributed by atoms with E-state index in [2.05, 4.69) is 15.5 Å². The summed E-state index contributed by atoms with van der Waals surface area (Å²) in [5.74, 6) is 0.638. The van der Waals surface area contributed by atoms with Crippen LogP contribution in [-0.2, 0) is 4.74 Å². The Morgan fingerprint density at radius 2 is 2.00 bits per heavy atom. The molecule has 1 aliphatic heterocycles. The second-order valence-corrected chi connectivity index (χ2v) is 8.41. The summed E-state index contributed by atoms with van der Waals surface area (Å²) in [5.41, 5.74) is 0.557. The van der Waals surface area contributed by atoms with Crippen LogP contribution in [0.5, 0.6) is 0 Å². The van der Waals surface area contributed by atoms with Gasteiger partial charge in [-0.25, -0.2) is 4.79 Å². The molecule has 2 aromatic rings. The Labute approximate surface area is 170 Å². The Morgan fingerprint density at radius 1 is 1.28 bits per heavy atom. The molecular formula is C21H28N4O4. The SMILES string of the molecule is Cc1noc(-c2ccccc2C(=O)NC2CCN(C(=O)OC(C)(C)C)C(C)C2)n1. The van der Waals surface area contributed by atoms with Crippen molar-refractivity contribution in [3.8, 4) is 11.5 Å². The number of nitrogens with one attached hydrogen (secondary N) is 1. The molecule has 2 heterocycles. The maximum atomic E-state index is 12.9. The molecule has 3 rings (SSSR count). The van der Waals surface area contributed by atoms with Gasteiger partial charge in [0.1, 0.15) is 5.60 Å². The van der Waals surface area contributed by atoms with E-state index in [9.17, 15) is 9.59 Å². The first-order chi connectivity index (χ1) is 13.6. The summed E-state index contributed by atoms with van der Waals surface area (Å²) in [6.07, 6.45) is 1.01. The van der Waals surface area contributed by atoms with Crippen molar-refractivity contribution < 1.29 is 18.8 Å². The van der Waals surface area contributed by atoms with Crippen LogP contribution in [0.3, 0.4) is 0 Å². The Hall–Kier alpha value is -2.90. The molecule has 1 aromatic carbocycles. The number of nitrogens with zero attached hydrogens (tertiary/aromatic N) is 3. The Morgan fingerprint density at radius 3 is 2.62 bits per heavy atom. The highest BCUT2D eigenvalue weighted by molar-refractivity contribution is 6.00. The largest absolute Gasteiger partial charge is 0.444 e. The van der Waals surface area contributed by atoms with E-state index < -0.39 is 5.60 Å². The maximum absolute atomic E-state index is 12.9. The van der Waals surface area contributed by atoms with E-state index in [4.69, 9.17) is 9.26 Å². The molecule has 0 spiro atoms. The number of hydrogen-bond donors (Lipinski definition) is 1. The van der Waals surface area contributed by atoms with Gasteiger partial charge in [-0.15, -0.1) is 0 Å². The molecule has 8 nitrogen and oxygen atoms in total. The molecule has 29 heavy (non-hydrogen) atoms. The van der Waals surface area contributed by atoms with E-state index >= 15 is 0 Å². The summed E-state index contributed by atoms with van der Waals surface area (Å²) in [4.78, 5) is 31.2. The quantitative estimate of drug-likeness (QED) is 0.846. The molecule has 8 heteroatoms. The average molecular weight is 400 g/mol. The van der Waals surface area contributed by atoms with Crippen molar-refractivity contribution in [3.63, 3.8) is 0 Å². The van der Waals surface area contributed by atoms with Crippen molar-refractivity contribution in [2.75, 3.05) is 6.54 Å². The van der Waals surface area contributed by atoms with Crippen LogP contribution in [0.4, 0.5) is 4.79 Å². The third-order valence-electron chi connectivity index (χ3n) is 4.77. The first-order valence-electron chi connectivity index (χ1n) is 9.84. The summed E-state index contributed by atoms with van der Waals surface area (Å²) in [6.45, 7) is 9.79. The number of carbonyl (C=O) groups is 2. The van der Waals surface area contributed by atoms with Gasteiger partial charge >= 0.3 is 6.09 Å².